The molecule has 0 aliphatic rings. The van der Waals surface area contributed by atoms with E-state index in [1.54, 1.807) is 6.92 Å². The molecule has 0 spiro atoms. The number of rotatable bonds is 3. The molecule has 0 aliphatic heterocycles. The number of nitrogens with zero attached hydrogens (tertiary/aromatic N) is 2. The third-order valence-corrected chi connectivity index (χ3v) is 1.77. The fourth-order valence-electron chi connectivity index (χ4n) is 1.06. The average Bonchev–Trinajstić information content (AvgIpc) is 2.47. The van der Waals surface area contributed by atoms with Crippen molar-refractivity contribution < 1.29 is 18.3 Å². The summed E-state index contributed by atoms with van der Waals surface area (Å²) in [4.78, 5) is 11.3. The van der Waals surface area contributed by atoms with Gasteiger partial charge in [-0.2, -0.15) is 13.9 Å². The Bertz CT molecular complexity index is 369. The van der Waals surface area contributed by atoms with E-state index in [4.69, 9.17) is 0 Å². The zero-order valence-electron chi connectivity index (χ0n) is 8.75. The van der Waals surface area contributed by atoms with Gasteiger partial charge in [-0.3, -0.25) is 0 Å². The standard InChI is InChI=1S/C9H12F2N2O2/c1-4-15-8(14)7-6(2)5-13(12-7)9(3,10)11/h5H,4H2,1-3H3. The number of esters is 1. The molecule has 0 bridgehead atoms. The summed E-state index contributed by atoms with van der Waals surface area (Å²) in [7, 11) is 0. The SMILES string of the molecule is CCOC(=O)c1nn(C(C)(F)F)cc1C. The minimum atomic E-state index is -3.12. The molecule has 0 aliphatic carbocycles. The van der Waals surface area contributed by atoms with Crippen LogP contribution in [0, 0.1) is 6.92 Å². The van der Waals surface area contributed by atoms with Gasteiger partial charge in [0.25, 0.3) is 0 Å². The van der Waals surface area contributed by atoms with Crippen LogP contribution in [-0.4, -0.2) is 22.4 Å². The molecule has 1 aromatic rings. The van der Waals surface area contributed by atoms with Gasteiger partial charge >= 0.3 is 12.0 Å². The third-order valence-electron chi connectivity index (χ3n) is 1.77. The summed E-state index contributed by atoms with van der Waals surface area (Å²) in [5.74, 6) is -0.682. The van der Waals surface area contributed by atoms with Crippen LogP contribution < -0.4 is 0 Å². The maximum Gasteiger partial charge on any atom is 0.359 e. The molecule has 0 N–H and O–H groups in total. The Hall–Kier alpha value is -1.46. The molecular formula is C9H12F2N2O2. The van der Waals surface area contributed by atoms with Gasteiger partial charge in [-0.1, -0.05) is 0 Å². The quantitative estimate of drug-likeness (QED) is 0.728. The molecule has 1 rings (SSSR count). The minimum Gasteiger partial charge on any atom is -0.461 e. The summed E-state index contributed by atoms with van der Waals surface area (Å²) < 4.78 is 30.8. The van der Waals surface area contributed by atoms with Crippen molar-refractivity contribution in [2.75, 3.05) is 6.61 Å². The van der Waals surface area contributed by atoms with Gasteiger partial charge in [-0.25, -0.2) is 9.48 Å². The van der Waals surface area contributed by atoms with E-state index in [0.29, 0.717) is 17.2 Å². The van der Waals surface area contributed by atoms with Gasteiger partial charge < -0.3 is 4.74 Å². The molecule has 1 heterocycles. The lowest BCUT2D eigenvalue weighted by Gasteiger charge is -2.09. The summed E-state index contributed by atoms with van der Waals surface area (Å²) in [6.45, 7) is 4.06. The maximum absolute atomic E-state index is 12.8. The summed E-state index contributed by atoms with van der Waals surface area (Å²) in [5.41, 5.74) is 0.299. The molecule has 0 saturated carbocycles. The number of aryl methyl sites for hydroxylation is 1. The number of hydrogen-bond acceptors (Lipinski definition) is 3. The van der Waals surface area contributed by atoms with Crippen molar-refractivity contribution in [1.29, 1.82) is 0 Å². The molecule has 1 aromatic heterocycles. The van der Waals surface area contributed by atoms with Crippen LogP contribution in [0.2, 0.25) is 0 Å². The Morgan fingerprint density at radius 3 is 2.67 bits per heavy atom. The molecule has 0 saturated heterocycles. The van der Waals surface area contributed by atoms with Gasteiger partial charge in [-0.05, 0) is 13.8 Å². The Balaban J connectivity index is 3.02. The van der Waals surface area contributed by atoms with Crippen molar-refractivity contribution in [2.24, 2.45) is 0 Å². The van der Waals surface area contributed by atoms with E-state index in [0.717, 1.165) is 6.20 Å². The molecule has 15 heavy (non-hydrogen) atoms. The van der Waals surface area contributed by atoms with Crippen molar-refractivity contribution in [1.82, 2.24) is 9.78 Å². The van der Waals surface area contributed by atoms with E-state index >= 15 is 0 Å². The van der Waals surface area contributed by atoms with Gasteiger partial charge in [0.15, 0.2) is 5.69 Å². The van der Waals surface area contributed by atoms with Crippen molar-refractivity contribution >= 4 is 5.97 Å². The topological polar surface area (TPSA) is 44.1 Å². The molecule has 84 valence electrons. The highest BCUT2D eigenvalue weighted by Crippen LogP contribution is 2.20. The van der Waals surface area contributed by atoms with Crippen molar-refractivity contribution in [3.05, 3.63) is 17.5 Å². The predicted molar refractivity (Wildman–Crippen MR) is 48.8 cm³/mol. The smallest absolute Gasteiger partial charge is 0.359 e. The number of aromatic nitrogens is 2. The Kier molecular flexibility index (Phi) is 3.06. The molecule has 0 atom stereocenters. The second-order valence-corrected chi connectivity index (χ2v) is 3.17. The second-order valence-electron chi connectivity index (χ2n) is 3.17. The lowest BCUT2D eigenvalue weighted by molar-refractivity contribution is -0.0725. The van der Waals surface area contributed by atoms with Crippen LogP contribution in [0.4, 0.5) is 8.78 Å². The van der Waals surface area contributed by atoms with E-state index in [2.05, 4.69) is 9.84 Å². The lowest BCUT2D eigenvalue weighted by atomic mass is 10.3. The van der Waals surface area contributed by atoms with Crippen LogP contribution in [-0.2, 0) is 10.8 Å². The number of ether oxygens (including phenoxy) is 1. The maximum atomic E-state index is 12.8. The van der Waals surface area contributed by atoms with Gasteiger partial charge in [0, 0.05) is 18.7 Å². The van der Waals surface area contributed by atoms with Crippen LogP contribution in [0.25, 0.3) is 0 Å². The van der Waals surface area contributed by atoms with E-state index in [1.165, 1.54) is 6.92 Å². The lowest BCUT2D eigenvalue weighted by Crippen LogP contribution is -2.19. The van der Waals surface area contributed by atoms with Crippen LogP contribution in [0.3, 0.4) is 0 Å². The van der Waals surface area contributed by atoms with Crippen LogP contribution in [0.1, 0.15) is 29.9 Å². The van der Waals surface area contributed by atoms with E-state index in [-0.39, 0.29) is 12.3 Å². The number of carbonyl (C=O) groups excluding carboxylic acids is 1. The Labute approximate surface area is 85.8 Å². The highest BCUT2D eigenvalue weighted by molar-refractivity contribution is 5.88. The second kappa shape index (κ2) is 3.96. The number of alkyl halides is 2. The molecule has 0 fully saturated rings. The van der Waals surface area contributed by atoms with Gasteiger partial charge in [0.2, 0.25) is 0 Å². The fraction of sp³-hybridized carbons (Fsp3) is 0.556. The third kappa shape index (κ3) is 2.51. The molecule has 6 heteroatoms. The summed E-state index contributed by atoms with van der Waals surface area (Å²) >= 11 is 0. The number of hydrogen-bond donors (Lipinski definition) is 0. The summed E-state index contributed by atoms with van der Waals surface area (Å²) in [5, 5.41) is 3.49. The van der Waals surface area contributed by atoms with Gasteiger partial charge in [-0.15, -0.1) is 0 Å². The minimum absolute atomic E-state index is 0.0709. The largest absolute Gasteiger partial charge is 0.461 e. The molecule has 4 nitrogen and oxygen atoms in total. The first-order valence-corrected chi connectivity index (χ1v) is 4.48. The van der Waals surface area contributed by atoms with Crippen LogP contribution >= 0.6 is 0 Å². The number of halogens is 2. The van der Waals surface area contributed by atoms with Crippen molar-refractivity contribution in [3.8, 4) is 0 Å². The first-order valence-electron chi connectivity index (χ1n) is 4.48. The van der Waals surface area contributed by atoms with Crippen LogP contribution in [0.15, 0.2) is 6.20 Å². The Morgan fingerprint density at radius 1 is 1.67 bits per heavy atom. The first kappa shape index (κ1) is 11.6. The zero-order valence-corrected chi connectivity index (χ0v) is 8.75. The molecule has 0 radical (unpaired) electrons. The average molecular weight is 218 g/mol. The molecule has 0 aromatic carbocycles. The van der Waals surface area contributed by atoms with E-state index < -0.39 is 12.0 Å². The molecule has 0 unspecified atom stereocenters. The molecular weight excluding hydrogens is 206 g/mol. The predicted octanol–water partition coefficient (Wildman–Crippen LogP) is 1.94. The normalized spacial score (nSPS) is 11.5. The number of carbonyl (C=O) groups is 1. The monoisotopic (exact) mass is 218 g/mol. The molecule has 0 amide bonds. The Morgan fingerprint density at radius 2 is 2.27 bits per heavy atom. The zero-order chi connectivity index (χ0) is 11.6. The van der Waals surface area contributed by atoms with Gasteiger partial charge in [0.05, 0.1) is 6.61 Å². The van der Waals surface area contributed by atoms with Gasteiger partial charge in [0.1, 0.15) is 0 Å². The summed E-state index contributed by atoms with van der Waals surface area (Å²) in [6, 6.07) is -3.12. The first-order chi connectivity index (χ1) is 6.86. The van der Waals surface area contributed by atoms with Crippen molar-refractivity contribution in [3.63, 3.8) is 0 Å². The fourth-order valence-corrected chi connectivity index (χ4v) is 1.06. The van der Waals surface area contributed by atoms with Crippen LogP contribution in [0.5, 0.6) is 0 Å². The van der Waals surface area contributed by atoms with Crippen molar-refractivity contribution in [2.45, 2.75) is 26.8 Å². The summed E-state index contributed by atoms with van der Waals surface area (Å²) in [6.07, 6.45) is 1.12. The van der Waals surface area contributed by atoms with E-state index in [9.17, 15) is 13.6 Å². The van der Waals surface area contributed by atoms with E-state index in [1.807, 2.05) is 0 Å². The highest BCUT2D eigenvalue weighted by Gasteiger charge is 2.27. The highest BCUT2D eigenvalue weighted by atomic mass is 19.3.